The van der Waals surface area contributed by atoms with Crippen molar-refractivity contribution in [3.05, 3.63) is 34.5 Å². The minimum absolute atomic E-state index is 0.0305. The molecule has 2 aromatic heterocycles. The number of rotatable bonds is 4. The Morgan fingerprint density at radius 3 is 3.12 bits per heavy atom. The minimum Gasteiger partial charge on any atom is -0.384 e. The van der Waals surface area contributed by atoms with Gasteiger partial charge in [-0.25, -0.2) is 0 Å². The van der Waals surface area contributed by atoms with E-state index in [1.165, 1.54) is 34.7 Å². The van der Waals surface area contributed by atoms with E-state index >= 15 is 0 Å². The van der Waals surface area contributed by atoms with Crippen molar-refractivity contribution in [2.24, 2.45) is 0 Å². The van der Waals surface area contributed by atoms with Crippen LogP contribution in [-0.2, 0) is 4.74 Å². The Labute approximate surface area is 141 Å². The first-order valence-electron chi connectivity index (χ1n) is 7.33. The quantitative estimate of drug-likeness (QED) is 0.683. The van der Waals surface area contributed by atoms with E-state index < -0.39 is 5.60 Å². The first kappa shape index (κ1) is 16.6. The van der Waals surface area contributed by atoms with Crippen LogP contribution in [-0.4, -0.2) is 75.5 Å². The fourth-order valence-electron chi connectivity index (χ4n) is 2.40. The number of amides is 2. The van der Waals surface area contributed by atoms with Crippen molar-refractivity contribution >= 4 is 23.2 Å². The van der Waals surface area contributed by atoms with Gasteiger partial charge in [-0.15, -0.1) is 11.3 Å². The van der Waals surface area contributed by atoms with Crippen LogP contribution in [0.2, 0.25) is 0 Å². The molecule has 1 unspecified atom stereocenters. The van der Waals surface area contributed by atoms with Crippen molar-refractivity contribution in [2.45, 2.75) is 5.60 Å². The van der Waals surface area contributed by atoms with Crippen LogP contribution in [0.5, 0.6) is 0 Å². The van der Waals surface area contributed by atoms with E-state index in [0.29, 0.717) is 23.7 Å². The maximum absolute atomic E-state index is 12.5. The zero-order valence-electron chi connectivity index (χ0n) is 12.8. The van der Waals surface area contributed by atoms with Gasteiger partial charge in [-0.3, -0.25) is 19.7 Å². The molecule has 2 aromatic rings. The highest BCUT2D eigenvalue weighted by molar-refractivity contribution is 7.11. The summed E-state index contributed by atoms with van der Waals surface area (Å²) in [5, 5.41) is 19.6. The van der Waals surface area contributed by atoms with E-state index in [1.807, 2.05) is 0 Å². The number of thiazole rings is 1. The van der Waals surface area contributed by atoms with Crippen LogP contribution >= 0.6 is 11.3 Å². The molecule has 2 amide bonds. The van der Waals surface area contributed by atoms with Crippen molar-refractivity contribution < 1.29 is 19.4 Å². The summed E-state index contributed by atoms with van der Waals surface area (Å²) in [6.45, 7) is 0.738. The number of aromatic nitrogens is 3. The van der Waals surface area contributed by atoms with Gasteiger partial charge in [-0.1, -0.05) is 0 Å². The molecule has 1 fully saturated rings. The van der Waals surface area contributed by atoms with Gasteiger partial charge in [0.1, 0.15) is 16.2 Å². The van der Waals surface area contributed by atoms with Gasteiger partial charge >= 0.3 is 0 Å². The Bertz CT molecular complexity index is 690. The number of ether oxygens (including phenoxy) is 1. The summed E-state index contributed by atoms with van der Waals surface area (Å²) in [4.78, 5) is 30.3. The third-order valence-electron chi connectivity index (χ3n) is 3.62. The molecule has 3 heterocycles. The van der Waals surface area contributed by atoms with Gasteiger partial charge < -0.3 is 20.1 Å². The topological polar surface area (TPSA) is 120 Å². The van der Waals surface area contributed by atoms with Crippen LogP contribution in [0, 0.1) is 0 Å². The molecule has 0 saturated carbocycles. The molecule has 10 heteroatoms. The molecule has 9 nitrogen and oxygen atoms in total. The number of carbonyl (C=O) groups excluding carboxylic acids is 2. The monoisotopic (exact) mass is 351 g/mol. The third kappa shape index (κ3) is 3.78. The van der Waals surface area contributed by atoms with E-state index in [0.717, 1.165) is 0 Å². The molecule has 3 N–H and O–H groups in total. The Kier molecular flexibility index (Phi) is 4.88. The molecule has 1 aliphatic rings. The number of hydrogen-bond acceptors (Lipinski definition) is 7. The summed E-state index contributed by atoms with van der Waals surface area (Å²) >= 11 is 1.24. The Hall–Kier alpha value is -2.30. The van der Waals surface area contributed by atoms with Gasteiger partial charge in [0.15, 0.2) is 0 Å². The number of H-pyrrole nitrogens is 1. The molecule has 0 bridgehead atoms. The van der Waals surface area contributed by atoms with E-state index in [-0.39, 0.29) is 31.5 Å². The third-order valence-corrected chi connectivity index (χ3v) is 4.38. The molecular formula is C14H17N5O4S. The Morgan fingerprint density at radius 1 is 1.54 bits per heavy atom. The van der Waals surface area contributed by atoms with E-state index in [2.05, 4.69) is 20.5 Å². The largest absolute Gasteiger partial charge is 0.384 e. The molecular weight excluding hydrogens is 334 g/mol. The normalized spacial score (nSPS) is 21.3. The lowest BCUT2D eigenvalue weighted by Gasteiger charge is -2.30. The van der Waals surface area contributed by atoms with Crippen LogP contribution < -0.4 is 5.32 Å². The van der Waals surface area contributed by atoms with Crippen LogP contribution in [0.4, 0.5) is 0 Å². The highest BCUT2D eigenvalue weighted by atomic mass is 32.1. The molecule has 1 aliphatic heterocycles. The smallest absolute Gasteiger partial charge is 0.269 e. The van der Waals surface area contributed by atoms with Crippen molar-refractivity contribution in [1.82, 2.24) is 25.4 Å². The van der Waals surface area contributed by atoms with Crippen molar-refractivity contribution in [2.75, 3.05) is 32.8 Å². The fraction of sp³-hybridized carbons (Fsp3) is 0.429. The molecule has 1 saturated heterocycles. The number of β-amino-alcohol motifs (C(OH)–C–C–N with tert-alkyl or cyclic N) is 1. The first-order chi connectivity index (χ1) is 11.6. The number of aromatic amines is 1. The summed E-state index contributed by atoms with van der Waals surface area (Å²) in [5.41, 5.74) is 0.510. The number of nitrogens with one attached hydrogen (secondary N) is 2. The lowest BCUT2D eigenvalue weighted by molar-refractivity contribution is -0.0324. The van der Waals surface area contributed by atoms with Crippen LogP contribution in [0.1, 0.15) is 20.2 Å². The van der Waals surface area contributed by atoms with Crippen molar-refractivity contribution in [3.8, 4) is 0 Å². The summed E-state index contributed by atoms with van der Waals surface area (Å²) in [5.74, 6) is -0.591. The fourth-order valence-corrected chi connectivity index (χ4v) is 2.98. The second-order valence-corrected chi connectivity index (χ2v) is 6.41. The summed E-state index contributed by atoms with van der Waals surface area (Å²) in [7, 11) is 0. The average molecular weight is 351 g/mol. The minimum atomic E-state index is -1.37. The second kappa shape index (κ2) is 7.07. The predicted octanol–water partition coefficient (Wildman–Crippen LogP) is -0.500. The molecule has 3 rings (SSSR count). The molecule has 1 atom stereocenters. The first-order valence-corrected chi connectivity index (χ1v) is 8.21. The highest BCUT2D eigenvalue weighted by Gasteiger charge is 2.35. The second-order valence-electron chi connectivity index (χ2n) is 5.52. The van der Waals surface area contributed by atoms with Crippen LogP contribution in [0.3, 0.4) is 0 Å². The van der Waals surface area contributed by atoms with E-state index in [4.69, 9.17) is 4.74 Å². The van der Waals surface area contributed by atoms with Gasteiger partial charge in [0.25, 0.3) is 11.8 Å². The van der Waals surface area contributed by atoms with Gasteiger partial charge in [0, 0.05) is 12.7 Å². The predicted molar refractivity (Wildman–Crippen MR) is 84.7 cm³/mol. The zero-order valence-corrected chi connectivity index (χ0v) is 13.6. The highest BCUT2D eigenvalue weighted by Crippen LogP contribution is 2.16. The van der Waals surface area contributed by atoms with Gasteiger partial charge in [-0.05, 0) is 6.07 Å². The summed E-state index contributed by atoms with van der Waals surface area (Å²) in [6, 6.07) is 1.53. The van der Waals surface area contributed by atoms with Crippen molar-refractivity contribution in [1.29, 1.82) is 0 Å². The van der Waals surface area contributed by atoms with Crippen molar-refractivity contribution in [3.63, 3.8) is 0 Å². The molecule has 0 spiro atoms. The molecule has 128 valence electrons. The number of aliphatic hydroxyl groups is 1. The average Bonchev–Trinajstić information content (AvgIpc) is 3.25. The molecule has 0 radical (unpaired) electrons. The number of hydrogen-bond donors (Lipinski definition) is 3. The Morgan fingerprint density at radius 2 is 2.42 bits per heavy atom. The summed E-state index contributed by atoms with van der Waals surface area (Å²) < 4.78 is 5.40. The van der Waals surface area contributed by atoms with E-state index in [9.17, 15) is 14.7 Å². The lowest BCUT2D eigenvalue weighted by Crippen LogP contribution is -2.53. The van der Waals surface area contributed by atoms with E-state index in [1.54, 1.807) is 5.51 Å². The van der Waals surface area contributed by atoms with Gasteiger partial charge in [0.2, 0.25) is 0 Å². The summed E-state index contributed by atoms with van der Waals surface area (Å²) in [6.07, 6.45) is 2.96. The van der Waals surface area contributed by atoms with Gasteiger partial charge in [0.05, 0.1) is 38.0 Å². The number of nitrogens with zero attached hydrogens (tertiary/aromatic N) is 3. The number of carbonyl (C=O) groups is 2. The SMILES string of the molecule is O=C(NCC1(O)COCCN(C(=O)c2cncs2)C1)c1ccn[nH]1. The van der Waals surface area contributed by atoms with Gasteiger partial charge in [-0.2, -0.15) is 5.10 Å². The molecule has 0 aliphatic carbocycles. The van der Waals surface area contributed by atoms with Crippen LogP contribution in [0.15, 0.2) is 24.0 Å². The lowest BCUT2D eigenvalue weighted by atomic mass is 10.0. The van der Waals surface area contributed by atoms with Crippen LogP contribution in [0.25, 0.3) is 0 Å². The molecule has 0 aromatic carbocycles. The Balaban J connectivity index is 1.64. The molecule has 24 heavy (non-hydrogen) atoms. The standard InChI is InChI=1S/C14H17N5O4S/c20-12(10-1-2-17-18-10)16-6-14(22)7-19(3-4-23-8-14)13(21)11-5-15-9-24-11/h1-2,5,9,22H,3-4,6-8H2,(H,16,20)(H,17,18). The maximum atomic E-state index is 12.5. The maximum Gasteiger partial charge on any atom is 0.269 e. The zero-order chi connectivity index (χ0) is 17.0.